The highest BCUT2D eigenvalue weighted by Crippen LogP contribution is 2.28. The van der Waals surface area contributed by atoms with Gasteiger partial charge in [-0.25, -0.2) is 0 Å². The van der Waals surface area contributed by atoms with Gasteiger partial charge in [0.25, 0.3) is 0 Å². The zero-order valence-corrected chi connectivity index (χ0v) is 11.8. The van der Waals surface area contributed by atoms with E-state index in [9.17, 15) is 9.59 Å². The highest BCUT2D eigenvalue weighted by Gasteiger charge is 2.28. The number of carboxylic acids is 1. The van der Waals surface area contributed by atoms with E-state index in [-0.39, 0.29) is 5.92 Å². The second-order valence-corrected chi connectivity index (χ2v) is 5.50. The van der Waals surface area contributed by atoms with Crippen molar-refractivity contribution < 1.29 is 19.4 Å². The van der Waals surface area contributed by atoms with Gasteiger partial charge in [-0.05, 0) is 37.3 Å². The van der Waals surface area contributed by atoms with Crippen LogP contribution in [-0.2, 0) is 16.1 Å². The number of rotatable bonds is 5. The summed E-state index contributed by atoms with van der Waals surface area (Å²) in [4.78, 5) is 20.2. The number of benzene rings is 1. The minimum Gasteiger partial charge on any atom is -0.481 e. The summed E-state index contributed by atoms with van der Waals surface area (Å²) in [6.07, 6.45) is 5.33. The maximum absolute atomic E-state index is 10.5. The fraction of sp³-hybridized carbons (Fsp3) is 0.467. The van der Waals surface area contributed by atoms with Crippen LogP contribution >= 0.6 is 11.6 Å². The summed E-state index contributed by atoms with van der Waals surface area (Å²) in [6.45, 7) is 0.544. The number of carbonyl (C=O) groups is 2. The van der Waals surface area contributed by atoms with Crippen LogP contribution in [-0.4, -0.2) is 23.5 Å². The molecule has 5 heteroatoms. The van der Waals surface area contributed by atoms with Gasteiger partial charge in [-0.3, -0.25) is 9.59 Å². The van der Waals surface area contributed by atoms with E-state index in [0.717, 1.165) is 37.5 Å². The molecule has 108 valence electrons. The van der Waals surface area contributed by atoms with E-state index in [4.69, 9.17) is 21.4 Å². The standard InChI is InChI=1S/C11H11ClO2.C4H6O2/c12-11-5-8(6-13)1-2-9(11)7-14-10-3-4-10;5-4(6)3-1-2-3/h1-2,5-6,10H,3-4,7H2;3H,1-2H2,(H,5,6). The third-order valence-electron chi connectivity index (χ3n) is 3.14. The zero-order chi connectivity index (χ0) is 14.5. The quantitative estimate of drug-likeness (QED) is 0.847. The van der Waals surface area contributed by atoms with E-state index in [1.165, 1.54) is 0 Å². The lowest BCUT2D eigenvalue weighted by molar-refractivity contribution is -0.138. The fourth-order valence-corrected chi connectivity index (χ4v) is 1.77. The number of hydrogen-bond donors (Lipinski definition) is 1. The van der Waals surface area contributed by atoms with Crippen molar-refractivity contribution in [2.45, 2.75) is 38.4 Å². The second kappa shape index (κ2) is 6.86. The van der Waals surface area contributed by atoms with Gasteiger partial charge in [0.15, 0.2) is 0 Å². The molecule has 0 radical (unpaired) electrons. The summed E-state index contributed by atoms with van der Waals surface area (Å²) in [6, 6.07) is 5.26. The molecular formula is C15H17ClO4. The molecule has 2 saturated carbocycles. The van der Waals surface area contributed by atoms with E-state index < -0.39 is 5.97 Å². The number of carboxylic acid groups (broad SMARTS) is 1. The van der Waals surface area contributed by atoms with E-state index in [1.54, 1.807) is 12.1 Å². The first kappa shape index (κ1) is 15.0. The highest BCUT2D eigenvalue weighted by molar-refractivity contribution is 6.31. The lowest BCUT2D eigenvalue weighted by Crippen LogP contribution is -1.96. The van der Waals surface area contributed by atoms with Crippen LogP contribution < -0.4 is 0 Å². The Kier molecular flexibility index (Phi) is 5.15. The smallest absolute Gasteiger partial charge is 0.306 e. The van der Waals surface area contributed by atoms with E-state index in [0.29, 0.717) is 23.3 Å². The summed E-state index contributed by atoms with van der Waals surface area (Å²) in [5, 5.41) is 8.66. The Hall–Kier alpha value is -1.39. The minimum atomic E-state index is -0.630. The van der Waals surface area contributed by atoms with Crippen molar-refractivity contribution in [3.63, 3.8) is 0 Å². The third-order valence-corrected chi connectivity index (χ3v) is 3.49. The van der Waals surface area contributed by atoms with Gasteiger partial charge in [0.2, 0.25) is 0 Å². The molecule has 0 spiro atoms. The molecule has 0 bridgehead atoms. The topological polar surface area (TPSA) is 63.6 Å². The first-order chi connectivity index (χ1) is 9.60. The maximum Gasteiger partial charge on any atom is 0.306 e. The number of carbonyl (C=O) groups excluding carboxylic acids is 1. The summed E-state index contributed by atoms with van der Waals surface area (Å²) in [5.41, 5.74) is 1.55. The molecular weight excluding hydrogens is 280 g/mol. The van der Waals surface area contributed by atoms with Gasteiger partial charge in [0, 0.05) is 10.6 Å². The van der Waals surface area contributed by atoms with Gasteiger partial charge < -0.3 is 9.84 Å². The average Bonchev–Trinajstić information content (AvgIpc) is 3.30. The van der Waals surface area contributed by atoms with Crippen LogP contribution in [0.15, 0.2) is 18.2 Å². The van der Waals surface area contributed by atoms with Crippen LogP contribution in [0.5, 0.6) is 0 Å². The second-order valence-electron chi connectivity index (χ2n) is 5.09. The van der Waals surface area contributed by atoms with Crippen LogP contribution in [0.1, 0.15) is 41.6 Å². The number of ether oxygens (including phenoxy) is 1. The van der Waals surface area contributed by atoms with Crippen LogP contribution in [0, 0.1) is 5.92 Å². The molecule has 1 aromatic rings. The Bertz CT molecular complexity index is 493. The van der Waals surface area contributed by atoms with Crippen molar-refractivity contribution in [1.82, 2.24) is 0 Å². The molecule has 0 saturated heterocycles. The van der Waals surface area contributed by atoms with Crippen LogP contribution in [0.3, 0.4) is 0 Å². The van der Waals surface area contributed by atoms with Crippen molar-refractivity contribution in [1.29, 1.82) is 0 Å². The fourth-order valence-electron chi connectivity index (χ4n) is 1.53. The predicted molar refractivity (Wildman–Crippen MR) is 75.0 cm³/mol. The predicted octanol–water partition coefficient (Wildman–Crippen LogP) is 3.31. The first-order valence-electron chi connectivity index (χ1n) is 6.68. The maximum atomic E-state index is 10.5. The molecule has 0 aromatic heterocycles. The van der Waals surface area contributed by atoms with Gasteiger partial charge in [0.05, 0.1) is 18.6 Å². The molecule has 20 heavy (non-hydrogen) atoms. The summed E-state index contributed by atoms with van der Waals surface area (Å²) in [7, 11) is 0. The van der Waals surface area contributed by atoms with Crippen molar-refractivity contribution in [2.24, 2.45) is 5.92 Å². The minimum absolute atomic E-state index is 0.0185. The zero-order valence-electron chi connectivity index (χ0n) is 11.0. The molecule has 2 fully saturated rings. The van der Waals surface area contributed by atoms with Gasteiger partial charge in [-0.2, -0.15) is 0 Å². The largest absolute Gasteiger partial charge is 0.481 e. The number of hydrogen-bond acceptors (Lipinski definition) is 3. The molecule has 4 nitrogen and oxygen atoms in total. The molecule has 3 rings (SSSR count). The summed E-state index contributed by atoms with van der Waals surface area (Å²) >= 11 is 5.97. The van der Waals surface area contributed by atoms with E-state index >= 15 is 0 Å². The Morgan fingerprint density at radius 1 is 1.35 bits per heavy atom. The van der Waals surface area contributed by atoms with Gasteiger partial charge in [-0.1, -0.05) is 23.7 Å². The summed E-state index contributed by atoms with van der Waals surface area (Å²) < 4.78 is 5.52. The number of halogens is 1. The van der Waals surface area contributed by atoms with Crippen molar-refractivity contribution in [3.8, 4) is 0 Å². The van der Waals surface area contributed by atoms with Gasteiger partial charge in [-0.15, -0.1) is 0 Å². The molecule has 0 amide bonds. The molecule has 1 aromatic carbocycles. The van der Waals surface area contributed by atoms with Gasteiger partial charge >= 0.3 is 5.97 Å². The lowest BCUT2D eigenvalue weighted by atomic mass is 10.1. The van der Waals surface area contributed by atoms with Crippen LogP contribution in [0.25, 0.3) is 0 Å². The van der Waals surface area contributed by atoms with E-state index in [2.05, 4.69) is 0 Å². The molecule has 1 N–H and O–H groups in total. The van der Waals surface area contributed by atoms with Crippen LogP contribution in [0.4, 0.5) is 0 Å². The van der Waals surface area contributed by atoms with Crippen molar-refractivity contribution in [2.75, 3.05) is 0 Å². The highest BCUT2D eigenvalue weighted by atomic mass is 35.5. The first-order valence-corrected chi connectivity index (χ1v) is 7.06. The molecule has 2 aliphatic rings. The Labute approximate surface area is 122 Å². The van der Waals surface area contributed by atoms with E-state index in [1.807, 2.05) is 6.07 Å². The molecule has 0 atom stereocenters. The molecule has 0 aliphatic heterocycles. The normalized spacial score (nSPS) is 17.1. The molecule has 2 aliphatic carbocycles. The monoisotopic (exact) mass is 296 g/mol. The van der Waals surface area contributed by atoms with Gasteiger partial charge in [0.1, 0.15) is 6.29 Å². The average molecular weight is 297 g/mol. The Morgan fingerprint density at radius 2 is 2.05 bits per heavy atom. The Balaban J connectivity index is 0.000000205. The Morgan fingerprint density at radius 3 is 2.45 bits per heavy atom. The third kappa shape index (κ3) is 4.94. The van der Waals surface area contributed by atoms with Crippen molar-refractivity contribution >= 4 is 23.9 Å². The number of aliphatic carboxylic acids is 1. The van der Waals surface area contributed by atoms with Crippen LogP contribution in [0.2, 0.25) is 5.02 Å². The molecule has 0 unspecified atom stereocenters. The number of aldehydes is 1. The lowest BCUT2D eigenvalue weighted by Gasteiger charge is -2.05. The van der Waals surface area contributed by atoms with Crippen molar-refractivity contribution in [3.05, 3.63) is 34.3 Å². The SMILES string of the molecule is O=C(O)C1CC1.O=Cc1ccc(COC2CC2)c(Cl)c1. The summed E-state index contributed by atoms with van der Waals surface area (Å²) in [5.74, 6) is -0.611. The molecule has 0 heterocycles.